The largest absolute Gasteiger partial charge is 0.507 e. The number of thiocarbonyl (C=S) groups is 1. The van der Waals surface area contributed by atoms with Gasteiger partial charge in [-0.15, -0.1) is 0 Å². The fourth-order valence-electron chi connectivity index (χ4n) is 2.62. The summed E-state index contributed by atoms with van der Waals surface area (Å²) >= 11 is 5.21. The van der Waals surface area contributed by atoms with Crippen LogP contribution < -0.4 is 10.7 Å². The van der Waals surface area contributed by atoms with Crippen molar-refractivity contribution in [1.29, 1.82) is 0 Å². The molecule has 0 radical (unpaired) electrons. The standard InChI is InChI=1S/C17H23N3O3S/c1-2-23-16(22)12-8-9-15(21)13(10-12)11-18-20-17(24)19-14-6-4-3-5-7-14/h8-11,14,21H,2-7H2,1H3,(H2,19,20,24)/b18-11+. The van der Waals surface area contributed by atoms with Crippen LogP contribution in [0.15, 0.2) is 23.3 Å². The minimum Gasteiger partial charge on any atom is -0.507 e. The Labute approximate surface area is 147 Å². The third kappa shape index (κ3) is 5.49. The number of hydrazone groups is 1. The molecule has 1 saturated carbocycles. The second-order valence-electron chi connectivity index (χ2n) is 5.67. The van der Waals surface area contributed by atoms with Gasteiger partial charge in [-0.2, -0.15) is 5.10 Å². The molecule has 2 rings (SSSR count). The smallest absolute Gasteiger partial charge is 0.338 e. The molecule has 1 aromatic rings. The first-order chi connectivity index (χ1) is 11.6. The molecule has 1 aliphatic rings. The molecule has 0 bridgehead atoms. The fourth-order valence-corrected chi connectivity index (χ4v) is 2.84. The van der Waals surface area contributed by atoms with Crippen molar-refractivity contribution >= 4 is 29.5 Å². The van der Waals surface area contributed by atoms with Gasteiger partial charge in [0.15, 0.2) is 5.11 Å². The van der Waals surface area contributed by atoms with Crippen LogP contribution in [0, 0.1) is 0 Å². The number of hydrogen-bond donors (Lipinski definition) is 3. The molecule has 0 amide bonds. The highest BCUT2D eigenvalue weighted by atomic mass is 32.1. The first kappa shape index (κ1) is 18.2. The van der Waals surface area contributed by atoms with Crippen molar-refractivity contribution in [3.05, 3.63) is 29.3 Å². The summed E-state index contributed by atoms with van der Waals surface area (Å²) in [5.41, 5.74) is 3.51. The van der Waals surface area contributed by atoms with Crippen LogP contribution in [0.4, 0.5) is 0 Å². The van der Waals surface area contributed by atoms with Gasteiger partial charge in [-0.1, -0.05) is 19.3 Å². The number of carbonyl (C=O) groups excluding carboxylic acids is 1. The molecule has 0 saturated heterocycles. The summed E-state index contributed by atoms with van der Waals surface area (Å²) in [7, 11) is 0. The summed E-state index contributed by atoms with van der Waals surface area (Å²) in [6, 6.07) is 4.87. The first-order valence-corrected chi connectivity index (χ1v) is 8.60. The zero-order chi connectivity index (χ0) is 17.4. The van der Waals surface area contributed by atoms with E-state index in [1.165, 1.54) is 43.7 Å². The van der Waals surface area contributed by atoms with Crippen LogP contribution in [0.2, 0.25) is 0 Å². The molecule has 1 aromatic carbocycles. The average Bonchev–Trinajstić information content (AvgIpc) is 2.57. The minimum atomic E-state index is -0.436. The third-order valence-electron chi connectivity index (χ3n) is 3.85. The Bertz CT molecular complexity index is 613. The Morgan fingerprint density at radius 2 is 2.17 bits per heavy atom. The maximum Gasteiger partial charge on any atom is 0.338 e. The lowest BCUT2D eigenvalue weighted by molar-refractivity contribution is 0.0526. The highest BCUT2D eigenvalue weighted by Gasteiger charge is 2.13. The Morgan fingerprint density at radius 3 is 2.88 bits per heavy atom. The van der Waals surface area contributed by atoms with Crippen molar-refractivity contribution < 1.29 is 14.6 Å². The van der Waals surface area contributed by atoms with Crippen molar-refractivity contribution in [2.45, 2.75) is 45.1 Å². The number of rotatable bonds is 5. The van der Waals surface area contributed by atoms with Crippen LogP contribution in [0.3, 0.4) is 0 Å². The lowest BCUT2D eigenvalue weighted by atomic mass is 9.96. The van der Waals surface area contributed by atoms with Crippen LogP contribution in [0.5, 0.6) is 5.75 Å². The maximum absolute atomic E-state index is 11.7. The molecule has 0 heterocycles. The van der Waals surface area contributed by atoms with Crippen LogP contribution >= 0.6 is 12.2 Å². The molecule has 1 fully saturated rings. The minimum absolute atomic E-state index is 0.0276. The van der Waals surface area contributed by atoms with Gasteiger partial charge in [0.2, 0.25) is 0 Å². The van der Waals surface area contributed by atoms with Gasteiger partial charge < -0.3 is 15.2 Å². The van der Waals surface area contributed by atoms with E-state index in [0.29, 0.717) is 28.9 Å². The summed E-state index contributed by atoms with van der Waals surface area (Å²) < 4.78 is 4.94. The molecular formula is C17H23N3O3S. The molecular weight excluding hydrogens is 326 g/mol. The number of carbonyl (C=O) groups is 1. The average molecular weight is 349 g/mol. The van der Waals surface area contributed by atoms with E-state index in [-0.39, 0.29) is 5.75 Å². The van der Waals surface area contributed by atoms with Gasteiger partial charge >= 0.3 is 5.97 Å². The van der Waals surface area contributed by atoms with E-state index in [9.17, 15) is 9.90 Å². The third-order valence-corrected chi connectivity index (χ3v) is 4.06. The summed E-state index contributed by atoms with van der Waals surface area (Å²) in [6.45, 7) is 2.04. The lowest BCUT2D eigenvalue weighted by Gasteiger charge is -2.23. The van der Waals surface area contributed by atoms with Gasteiger partial charge in [0.1, 0.15) is 5.75 Å². The Kier molecular flexibility index (Phi) is 6.99. The Morgan fingerprint density at radius 1 is 1.42 bits per heavy atom. The van der Waals surface area contributed by atoms with Crippen molar-refractivity contribution in [2.75, 3.05) is 6.61 Å². The first-order valence-electron chi connectivity index (χ1n) is 8.20. The van der Waals surface area contributed by atoms with Crippen molar-refractivity contribution in [2.24, 2.45) is 5.10 Å². The zero-order valence-electron chi connectivity index (χ0n) is 13.7. The second-order valence-corrected chi connectivity index (χ2v) is 6.08. The van der Waals surface area contributed by atoms with E-state index in [4.69, 9.17) is 17.0 Å². The lowest BCUT2D eigenvalue weighted by Crippen LogP contribution is -2.40. The number of aromatic hydroxyl groups is 1. The van der Waals surface area contributed by atoms with Gasteiger partial charge in [0.25, 0.3) is 0 Å². The van der Waals surface area contributed by atoms with Crippen LogP contribution in [-0.4, -0.2) is 35.1 Å². The Balaban J connectivity index is 1.91. The van der Waals surface area contributed by atoms with Crippen molar-refractivity contribution in [3.63, 3.8) is 0 Å². The van der Waals surface area contributed by atoms with E-state index >= 15 is 0 Å². The number of ether oxygens (including phenoxy) is 1. The quantitative estimate of drug-likeness (QED) is 0.328. The number of nitrogens with one attached hydrogen (secondary N) is 2. The highest BCUT2D eigenvalue weighted by molar-refractivity contribution is 7.80. The summed E-state index contributed by atoms with van der Waals surface area (Å²) in [4.78, 5) is 11.7. The summed E-state index contributed by atoms with van der Waals surface area (Å²) in [5.74, 6) is -0.408. The van der Waals surface area contributed by atoms with E-state index in [1.807, 2.05) is 0 Å². The molecule has 0 spiro atoms. The van der Waals surface area contributed by atoms with Crippen molar-refractivity contribution in [3.8, 4) is 5.75 Å². The molecule has 0 unspecified atom stereocenters. The molecule has 0 aliphatic heterocycles. The number of phenols is 1. The van der Waals surface area contributed by atoms with Crippen LogP contribution in [0.25, 0.3) is 0 Å². The summed E-state index contributed by atoms with van der Waals surface area (Å²) in [5, 5.41) is 17.6. The fraction of sp³-hybridized carbons (Fsp3) is 0.471. The molecule has 24 heavy (non-hydrogen) atoms. The van der Waals surface area contributed by atoms with Crippen molar-refractivity contribution in [1.82, 2.24) is 10.7 Å². The van der Waals surface area contributed by atoms with Gasteiger partial charge in [-0.25, -0.2) is 4.79 Å². The Hall–Kier alpha value is -2.15. The van der Waals surface area contributed by atoms with Gasteiger partial charge in [-0.3, -0.25) is 5.43 Å². The number of benzene rings is 1. The molecule has 0 aromatic heterocycles. The van der Waals surface area contributed by atoms with Gasteiger partial charge in [0, 0.05) is 11.6 Å². The summed E-state index contributed by atoms with van der Waals surface area (Å²) in [6.07, 6.45) is 7.39. The molecule has 7 heteroatoms. The molecule has 3 N–H and O–H groups in total. The highest BCUT2D eigenvalue weighted by Crippen LogP contribution is 2.18. The van der Waals surface area contributed by atoms with Crippen LogP contribution in [-0.2, 0) is 4.74 Å². The van der Waals surface area contributed by atoms with E-state index in [1.54, 1.807) is 6.92 Å². The number of hydrogen-bond acceptors (Lipinski definition) is 5. The maximum atomic E-state index is 11.7. The van der Waals surface area contributed by atoms with E-state index in [0.717, 1.165) is 12.8 Å². The number of phenolic OH excluding ortho intramolecular Hbond substituents is 1. The van der Waals surface area contributed by atoms with Gasteiger partial charge in [0.05, 0.1) is 18.4 Å². The predicted octanol–water partition coefficient (Wildman–Crippen LogP) is 2.70. The molecule has 6 nitrogen and oxygen atoms in total. The normalized spacial score (nSPS) is 15.2. The molecule has 1 aliphatic carbocycles. The van der Waals surface area contributed by atoms with Gasteiger partial charge in [-0.05, 0) is 50.2 Å². The van der Waals surface area contributed by atoms with Crippen LogP contribution in [0.1, 0.15) is 54.9 Å². The van der Waals surface area contributed by atoms with E-state index < -0.39 is 5.97 Å². The van der Waals surface area contributed by atoms with E-state index in [2.05, 4.69) is 15.8 Å². The zero-order valence-corrected chi connectivity index (χ0v) is 14.6. The monoisotopic (exact) mass is 349 g/mol. The number of nitrogens with zero attached hydrogens (tertiary/aromatic N) is 1. The predicted molar refractivity (Wildman–Crippen MR) is 97.4 cm³/mol. The molecule has 130 valence electrons. The second kappa shape index (κ2) is 9.22. The molecule has 0 atom stereocenters. The SMILES string of the molecule is CCOC(=O)c1ccc(O)c(/C=N/NC(=S)NC2CCCCC2)c1. The number of esters is 1. The topological polar surface area (TPSA) is 83.0 Å².